The topological polar surface area (TPSA) is 58.4 Å². The third kappa shape index (κ3) is 3.03. The molecule has 0 N–H and O–H groups in total. The lowest BCUT2D eigenvalue weighted by atomic mass is 9.73. The molecule has 2 aliphatic heterocycles. The first-order valence-corrected chi connectivity index (χ1v) is 9.67. The quantitative estimate of drug-likeness (QED) is 0.819. The fourth-order valence-electron chi connectivity index (χ4n) is 4.47. The molecule has 0 radical (unpaired) electrons. The van der Waals surface area contributed by atoms with E-state index in [2.05, 4.69) is 23.3 Å². The standard InChI is InChI=1S/C21H26N4O2/c1-3-24-15-17-7-5-4-6-16(17)14-21(20(24)27)9-12-25(13-10-21)19(26)18-8-11-22-23(18)2/h4-8,11H,3,9-10,12-15H2,1-2H3. The zero-order valence-electron chi connectivity index (χ0n) is 16.0. The van der Waals surface area contributed by atoms with Gasteiger partial charge >= 0.3 is 0 Å². The number of carbonyl (C=O) groups is 2. The van der Waals surface area contributed by atoms with Crippen LogP contribution in [0.2, 0.25) is 0 Å². The van der Waals surface area contributed by atoms with Gasteiger partial charge in [-0.1, -0.05) is 24.3 Å². The summed E-state index contributed by atoms with van der Waals surface area (Å²) < 4.78 is 1.61. The molecule has 142 valence electrons. The Bertz CT molecular complexity index is 865. The Morgan fingerprint density at radius 3 is 2.48 bits per heavy atom. The Balaban J connectivity index is 1.58. The van der Waals surface area contributed by atoms with Crippen molar-refractivity contribution in [3.63, 3.8) is 0 Å². The molecular weight excluding hydrogens is 340 g/mol. The van der Waals surface area contributed by atoms with Gasteiger partial charge in [0.25, 0.3) is 5.91 Å². The van der Waals surface area contributed by atoms with Crippen molar-refractivity contribution >= 4 is 11.8 Å². The van der Waals surface area contributed by atoms with E-state index in [4.69, 9.17) is 0 Å². The van der Waals surface area contributed by atoms with Crippen LogP contribution < -0.4 is 0 Å². The Kier molecular flexibility index (Phi) is 4.50. The zero-order chi connectivity index (χ0) is 19.0. The van der Waals surface area contributed by atoms with E-state index in [9.17, 15) is 9.59 Å². The summed E-state index contributed by atoms with van der Waals surface area (Å²) in [6.07, 6.45) is 3.83. The number of hydrogen-bond acceptors (Lipinski definition) is 3. The van der Waals surface area contributed by atoms with Crippen molar-refractivity contribution in [1.29, 1.82) is 0 Å². The highest BCUT2D eigenvalue weighted by atomic mass is 16.2. The number of benzene rings is 1. The lowest BCUT2D eigenvalue weighted by Crippen LogP contribution is -2.51. The van der Waals surface area contributed by atoms with Crippen molar-refractivity contribution < 1.29 is 9.59 Å². The molecule has 1 saturated heterocycles. The van der Waals surface area contributed by atoms with Crippen LogP contribution in [0.4, 0.5) is 0 Å². The average molecular weight is 366 g/mol. The molecule has 4 rings (SSSR count). The lowest BCUT2D eigenvalue weighted by Gasteiger charge is -2.41. The molecule has 1 spiro atoms. The summed E-state index contributed by atoms with van der Waals surface area (Å²) >= 11 is 0. The van der Waals surface area contributed by atoms with Crippen LogP contribution in [-0.4, -0.2) is 51.0 Å². The van der Waals surface area contributed by atoms with E-state index in [1.807, 2.05) is 22.8 Å². The highest BCUT2D eigenvalue weighted by Gasteiger charge is 2.46. The van der Waals surface area contributed by atoms with Gasteiger partial charge in [0.05, 0.1) is 5.41 Å². The normalized spacial score (nSPS) is 19.1. The molecule has 0 saturated carbocycles. The molecule has 0 bridgehead atoms. The molecule has 6 nitrogen and oxygen atoms in total. The number of nitrogens with zero attached hydrogens (tertiary/aromatic N) is 4. The molecule has 0 unspecified atom stereocenters. The Morgan fingerprint density at radius 2 is 1.85 bits per heavy atom. The van der Waals surface area contributed by atoms with Gasteiger partial charge < -0.3 is 9.80 Å². The molecule has 2 amide bonds. The fourth-order valence-corrected chi connectivity index (χ4v) is 4.47. The second kappa shape index (κ2) is 6.83. The summed E-state index contributed by atoms with van der Waals surface area (Å²) in [5.41, 5.74) is 2.72. The van der Waals surface area contributed by atoms with Crippen LogP contribution in [0.15, 0.2) is 36.5 Å². The maximum atomic E-state index is 13.4. The first kappa shape index (κ1) is 17.8. The number of aromatic nitrogens is 2. The van der Waals surface area contributed by atoms with Gasteiger partial charge in [-0.25, -0.2) is 0 Å². The number of carbonyl (C=O) groups excluding carboxylic acids is 2. The third-order valence-electron chi connectivity index (χ3n) is 6.18. The molecule has 3 heterocycles. The van der Waals surface area contributed by atoms with Gasteiger partial charge in [-0.3, -0.25) is 14.3 Å². The van der Waals surface area contributed by atoms with Crippen LogP contribution in [-0.2, 0) is 24.8 Å². The molecule has 1 aromatic carbocycles. The van der Waals surface area contributed by atoms with Gasteiger partial charge in [0.2, 0.25) is 5.91 Å². The second-order valence-corrected chi connectivity index (χ2v) is 7.68. The minimum absolute atomic E-state index is 0.00123. The second-order valence-electron chi connectivity index (χ2n) is 7.68. The van der Waals surface area contributed by atoms with E-state index >= 15 is 0 Å². The lowest BCUT2D eigenvalue weighted by molar-refractivity contribution is -0.144. The van der Waals surface area contributed by atoms with Gasteiger partial charge in [0.1, 0.15) is 5.69 Å². The average Bonchev–Trinajstić information content (AvgIpc) is 3.08. The van der Waals surface area contributed by atoms with Gasteiger partial charge in [0.15, 0.2) is 0 Å². The summed E-state index contributed by atoms with van der Waals surface area (Å²) in [5, 5.41) is 4.09. The third-order valence-corrected chi connectivity index (χ3v) is 6.18. The van der Waals surface area contributed by atoms with E-state index in [0.717, 1.165) is 6.42 Å². The number of likely N-dealkylation sites (tertiary alicyclic amines) is 1. The first-order chi connectivity index (χ1) is 13.0. The van der Waals surface area contributed by atoms with Crippen molar-refractivity contribution in [2.45, 2.75) is 32.7 Å². The predicted molar refractivity (Wildman–Crippen MR) is 102 cm³/mol. The number of rotatable bonds is 2. The zero-order valence-corrected chi connectivity index (χ0v) is 16.0. The van der Waals surface area contributed by atoms with Crippen molar-refractivity contribution in [1.82, 2.24) is 19.6 Å². The minimum atomic E-state index is -0.397. The van der Waals surface area contributed by atoms with Gasteiger partial charge in [-0.2, -0.15) is 5.10 Å². The van der Waals surface area contributed by atoms with Crippen LogP contribution in [0.1, 0.15) is 41.4 Å². The Labute approximate surface area is 159 Å². The van der Waals surface area contributed by atoms with E-state index in [-0.39, 0.29) is 11.8 Å². The molecule has 2 aliphatic rings. The monoisotopic (exact) mass is 366 g/mol. The number of amides is 2. The van der Waals surface area contributed by atoms with Crippen molar-refractivity contribution in [3.05, 3.63) is 53.3 Å². The van der Waals surface area contributed by atoms with E-state index in [0.29, 0.717) is 44.7 Å². The van der Waals surface area contributed by atoms with E-state index < -0.39 is 5.41 Å². The number of aryl methyl sites for hydroxylation is 1. The predicted octanol–water partition coefficient (Wildman–Crippen LogP) is 2.25. The molecule has 27 heavy (non-hydrogen) atoms. The molecular formula is C21H26N4O2. The SMILES string of the molecule is CCN1Cc2ccccc2CC2(CCN(C(=O)c3ccnn3C)CC2)C1=O. The van der Waals surface area contributed by atoms with E-state index in [1.165, 1.54) is 11.1 Å². The smallest absolute Gasteiger partial charge is 0.272 e. The Hall–Kier alpha value is -2.63. The molecule has 0 aliphatic carbocycles. The van der Waals surface area contributed by atoms with Crippen molar-refractivity contribution in [2.75, 3.05) is 19.6 Å². The largest absolute Gasteiger partial charge is 0.338 e. The molecule has 1 fully saturated rings. The van der Waals surface area contributed by atoms with Crippen molar-refractivity contribution in [2.24, 2.45) is 12.5 Å². The highest BCUT2D eigenvalue weighted by Crippen LogP contribution is 2.40. The molecule has 1 aromatic heterocycles. The number of hydrogen-bond donors (Lipinski definition) is 0. The summed E-state index contributed by atoms with van der Waals surface area (Å²) in [4.78, 5) is 30.0. The highest BCUT2D eigenvalue weighted by molar-refractivity contribution is 5.93. The van der Waals surface area contributed by atoms with Gasteiger partial charge in [0, 0.05) is 39.4 Å². The van der Waals surface area contributed by atoms with Crippen LogP contribution >= 0.6 is 0 Å². The maximum absolute atomic E-state index is 13.4. The van der Waals surface area contributed by atoms with Gasteiger partial charge in [-0.15, -0.1) is 0 Å². The fraction of sp³-hybridized carbons (Fsp3) is 0.476. The summed E-state index contributed by atoms with van der Waals surface area (Å²) in [7, 11) is 1.78. The maximum Gasteiger partial charge on any atom is 0.272 e. The van der Waals surface area contributed by atoms with Crippen molar-refractivity contribution in [3.8, 4) is 0 Å². The van der Waals surface area contributed by atoms with Crippen LogP contribution in [0, 0.1) is 5.41 Å². The first-order valence-electron chi connectivity index (χ1n) is 9.67. The summed E-state index contributed by atoms with van der Waals surface area (Å²) in [6, 6.07) is 10.1. The van der Waals surface area contributed by atoms with Crippen LogP contribution in [0.25, 0.3) is 0 Å². The van der Waals surface area contributed by atoms with Crippen LogP contribution in [0.5, 0.6) is 0 Å². The van der Waals surface area contributed by atoms with Crippen LogP contribution in [0.3, 0.4) is 0 Å². The summed E-state index contributed by atoms with van der Waals surface area (Å²) in [5.74, 6) is 0.243. The number of fused-ring (bicyclic) bond motifs is 1. The molecule has 2 aromatic rings. The minimum Gasteiger partial charge on any atom is -0.338 e. The number of piperidine rings is 1. The summed E-state index contributed by atoms with van der Waals surface area (Å²) in [6.45, 7) is 4.66. The van der Waals surface area contributed by atoms with E-state index in [1.54, 1.807) is 24.0 Å². The molecule has 6 heteroatoms. The van der Waals surface area contributed by atoms with Gasteiger partial charge in [-0.05, 0) is 43.4 Å². The Morgan fingerprint density at radius 1 is 1.15 bits per heavy atom. The molecule has 0 atom stereocenters.